The Bertz CT molecular complexity index is 761. The van der Waals surface area contributed by atoms with Gasteiger partial charge in [0.25, 0.3) is 0 Å². The van der Waals surface area contributed by atoms with Gasteiger partial charge in [-0.15, -0.1) is 0 Å². The molecule has 0 radical (unpaired) electrons. The molecule has 0 aromatic heterocycles. The van der Waals surface area contributed by atoms with Crippen molar-refractivity contribution in [2.24, 2.45) is 11.8 Å². The Morgan fingerprint density at radius 1 is 1.07 bits per heavy atom. The van der Waals surface area contributed by atoms with Crippen LogP contribution in [0.1, 0.15) is 53.6 Å². The maximum absolute atomic E-state index is 12.4. The quantitative estimate of drug-likeness (QED) is 0.436. The van der Waals surface area contributed by atoms with E-state index in [0.717, 1.165) is 36.8 Å². The topological polar surface area (TPSA) is 80.8 Å². The zero-order chi connectivity index (χ0) is 19.6. The number of hydrogen-bond donors (Lipinski definition) is 0. The Hall–Kier alpha value is -2.50. The second kappa shape index (κ2) is 8.03. The van der Waals surface area contributed by atoms with Crippen molar-refractivity contribution >= 4 is 23.6 Å². The summed E-state index contributed by atoms with van der Waals surface area (Å²) in [5.74, 6) is -1.60. The van der Waals surface area contributed by atoms with Gasteiger partial charge in [-0.3, -0.25) is 24.1 Å². The highest BCUT2D eigenvalue weighted by molar-refractivity contribution is 6.05. The first kappa shape index (κ1) is 19.3. The normalized spacial score (nSPS) is 21.9. The van der Waals surface area contributed by atoms with Gasteiger partial charge in [-0.25, -0.2) is 0 Å². The molecule has 3 rings (SSSR count). The van der Waals surface area contributed by atoms with E-state index in [2.05, 4.69) is 0 Å². The molecular weight excluding hydrogens is 346 g/mol. The third-order valence-electron chi connectivity index (χ3n) is 5.53. The highest BCUT2D eigenvalue weighted by Crippen LogP contribution is 2.37. The molecule has 0 bridgehead atoms. The monoisotopic (exact) mass is 371 g/mol. The number of ether oxygens (including phenoxy) is 1. The first-order valence-electron chi connectivity index (χ1n) is 9.50. The Balaban J connectivity index is 1.50. The van der Waals surface area contributed by atoms with Crippen LogP contribution in [0.3, 0.4) is 0 Å². The summed E-state index contributed by atoms with van der Waals surface area (Å²) >= 11 is 0. The Morgan fingerprint density at radius 3 is 2.33 bits per heavy atom. The van der Waals surface area contributed by atoms with Crippen LogP contribution in [0.25, 0.3) is 0 Å². The van der Waals surface area contributed by atoms with Gasteiger partial charge < -0.3 is 4.74 Å². The number of esters is 1. The number of imide groups is 1. The maximum atomic E-state index is 12.4. The van der Waals surface area contributed by atoms with Crippen LogP contribution in [-0.2, 0) is 19.1 Å². The molecule has 0 spiro atoms. The second-order valence-electron chi connectivity index (χ2n) is 7.48. The van der Waals surface area contributed by atoms with Crippen LogP contribution in [0.15, 0.2) is 18.2 Å². The standard InChI is InChI=1S/C21H25NO5/c1-13-7-8-14(2)17(11-13)18(23)12-27-19(24)9-10-22-20(25)15-5-3-4-6-16(15)21(22)26/h7-8,11,15-16H,3-6,9-10,12H2,1-2H3/t15-,16-/m1/s1. The summed E-state index contributed by atoms with van der Waals surface area (Å²) in [4.78, 5) is 50.2. The van der Waals surface area contributed by atoms with Crippen LogP contribution in [0.4, 0.5) is 0 Å². The van der Waals surface area contributed by atoms with Gasteiger partial charge in [-0.1, -0.05) is 30.5 Å². The minimum absolute atomic E-state index is 0.0289. The maximum Gasteiger partial charge on any atom is 0.308 e. The molecule has 2 atom stereocenters. The summed E-state index contributed by atoms with van der Waals surface area (Å²) in [5, 5.41) is 0. The van der Waals surface area contributed by atoms with Crippen LogP contribution in [-0.4, -0.2) is 41.6 Å². The van der Waals surface area contributed by atoms with Crippen molar-refractivity contribution in [1.29, 1.82) is 0 Å². The highest BCUT2D eigenvalue weighted by atomic mass is 16.5. The number of likely N-dealkylation sites (tertiary alicyclic amines) is 1. The molecule has 1 saturated carbocycles. The fourth-order valence-corrected chi connectivity index (χ4v) is 3.99. The number of carbonyl (C=O) groups excluding carboxylic acids is 4. The first-order valence-corrected chi connectivity index (χ1v) is 9.50. The van der Waals surface area contributed by atoms with Crippen LogP contribution in [0.2, 0.25) is 0 Å². The van der Waals surface area contributed by atoms with E-state index in [1.807, 2.05) is 26.0 Å². The van der Waals surface area contributed by atoms with Crippen LogP contribution in [0.5, 0.6) is 0 Å². The number of fused-ring (bicyclic) bond motifs is 1. The van der Waals surface area contributed by atoms with E-state index in [1.54, 1.807) is 6.07 Å². The summed E-state index contributed by atoms with van der Waals surface area (Å²) in [6.07, 6.45) is 3.35. The summed E-state index contributed by atoms with van der Waals surface area (Å²) in [6.45, 7) is 3.42. The summed E-state index contributed by atoms with van der Waals surface area (Å²) in [5.41, 5.74) is 2.33. The number of carbonyl (C=O) groups is 4. The lowest BCUT2D eigenvalue weighted by Crippen LogP contribution is -2.33. The third-order valence-corrected chi connectivity index (χ3v) is 5.53. The van der Waals surface area contributed by atoms with Gasteiger partial charge in [0.15, 0.2) is 6.61 Å². The van der Waals surface area contributed by atoms with Crippen molar-refractivity contribution in [3.63, 3.8) is 0 Å². The molecule has 6 heteroatoms. The molecule has 0 N–H and O–H groups in total. The largest absolute Gasteiger partial charge is 0.457 e. The third kappa shape index (κ3) is 4.10. The number of nitrogens with zero attached hydrogens (tertiary/aromatic N) is 1. The number of hydrogen-bond acceptors (Lipinski definition) is 5. The molecule has 2 amide bonds. The predicted molar refractivity (Wildman–Crippen MR) is 98.0 cm³/mol. The van der Waals surface area contributed by atoms with E-state index in [-0.39, 0.29) is 49.0 Å². The van der Waals surface area contributed by atoms with E-state index in [0.29, 0.717) is 5.56 Å². The van der Waals surface area contributed by atoms with E-state index in [9.17, 15) is 19.2 Å². The lowest BCUT2D eigenvalue weighted by atomic mass is 9.81. The van der Waals surface area contributed by atoms with Gasteiger partial charge in [-0.2, -0.15) is 0 Å². The highest BCUT2D eigenvalue weighted by Gasteiger charge is 2.47. The molecule has 1 saturated heterocycles. The molecule has 1 aliphatic heterocycles. The number of amides is 2. The molecule has 2 aliphatic rings. The van der Waals surface area contributed by atoms with E-state index < -0.39 is 5.97 Å². The smallest absolute Gasteiger partial charge is 0.308 e. The van der Waals surface area contributed by atoms with Gasteiger partial charge in [0, 0.05) is 12.1 Å². The van der Waals surface area contributed by atoms with Crippen molar-refractivity contribution in [3.05, 3.63) is 34.9 Å². The van der Waals surface area contributed by atoms with Crippen LogP contribution in [0, 0.1) is 25.7 Å². The molecule has 144 valence electrons. The average molecular weight is 371 g/mol. The molecule has 0 unspecified atom stereocenters. The fraction of sp³-hybridized carbons (Fsp3) is 0.524. The summed E-state index contributed by atoms with van der Waals surface area (Å²) in [6, 6.07) is 5.54. The molecule has 6 nitrogen and oxygen atoms in total. The second-order valence-corrected chi connectivity index (χ2v) is 7.48. The number of aryl methyl sites for hydroxylation is 2. The lowest BCUT2D eigenvalue weighted by molar-refractivity contribution is -0.145. The summed E-state index contributed by atoms with van der Waals surface area (Å²) < 4.78 is 5.06. The number of Topliss-reactive ketones (excluding diaryl/α,β-unsaturated/α-hetero) is 1. The van der Waals surface area contributed by atoms with Crippen molar-refractivity contribution in [1.82, 2.24) is 4.90 Å². The Morgan fingerprint density at radius 2 is 1.70 bits per heavy atom. The van der Waals surface area contributed by atoms with Gasteiger partial charge >= 0.3 is 5.97 Å². The van der Waals surface area contributed by atoms with Crippen molar-refractivity contribution in [3.8, 4) is 0 Å². The molecule has 2 fully saturated rings. The minimum Gasteiger partial charge on any atom is -0.457 e. The van der Waals surface area contributed by atoms with E-state index in [1.165, 1.54) is 4.90 Å². The molecule has 27 heavy (non-hydrogen) atoms. The van der Waals surface area contributed by atoms with Crippen LogP contribution < -0.4 is 0 Å². The average Bonchev–Trinajstić information content (AvgIpc) is 2.91. The van der Waals surface area contributed by atoms with E-state index >= 15 is 0 Å². The minimum atomic E-state index is -0.580. The predicted octanol–water partition coefficient (Wildman–Crippen LogP) is 2.59. The zero-order valence-electron chi connectivity index (χ0n) is 15.8. The SMILES string of the molecule is Cc1ccc(C)c(C(=O)COC(=O)CCN2C(=O)[C@@H]3CCCC[C@H]3C2=O)c1. The van der Waals surface area contributed by atoms with Crippen molar-refractivity contribution in [2.45, 2.75) is 46.0 Å². The Labute approximate surface area is 158 Å². The molecule has 1 aliphatic carbocycles. The molecule has 1 heterocycles. The van der Waals surface area contributed by atoms with E-state index in [4.69, 9.17) is 4.74 Å². The fourth-order valence-electron chi connectivity index (χ4n) is 3.99. The number of benzene rings is 1. The number of rotatable bonds is 6. The summed E-state index contributed by atoms with van der Waals surface area (Å²) in [7, 11) is 0. The molecule has 1 aromatic carbocycles. The molecular formula is C21H25NO5. The first-order chi connectivity index (χ1) is 12.9. The van der Waals surface area contributed by atoms with Gasteiger partial charge in [-0.05, 0) is 38.3 Å². The van der Waals surface area contributed by atoms with Gasteiger partial charge in [0.05, 0.1) is 18.3 Å². The van der Waals surface area contributed by atoms with Crippen molar-refractivity contribution in [2.75, 3.05) is 13.2 Å². The lowest BCUT2D eigenvalue weighted by Gasteiger charge is -2.19. The van der Waals surface area contributed by atoms with Crippen LogP contribution >= 0.6 is 0 Å². The van der Waals surface area contributed by atoms with Gasteiger partial charge in [0.1, 0.15) is 0 Å². The zero-order valence-corrected chi connectivity index (χ0v) is 15.8. The van der Waals surface area contributed by atoms with Gasteiger partial charge in [0.2, 0.25) is 17.6 Å². The number of ketones is 1. The molecule has 1 aromatic rings. The Kier molecular flexibility index (Phi) is 5.73. The van der Waals surface area contributed by atoms with Crippen molar-refractivity contribution < 1.29 is 23.9 Å².